The molecule has 5 nitrogen and oxygen atoms in total. The monoisotopic (exact) mass is 405 g/mol. The molecule has 0 spiro atoms. The summed E-state index contributed by atoms with van der Waals surface area (Å²) in [5.41, 5.74) is 4.22. The number of nitrogens with zero attached hydrogens (tertiary/aromatic N) is 1. The molecule has 1 aromatic heterocycles. The Morgan fingerprint density at radius 1 is 1.29 bits per heavy atom. The third-order valence-corrected chi connectivity index (χ3v) is 5.69. The van der Waals surface area contributed by atoms with E-state index in [0.29, 0.717) is 12.3 Å². The van der Waals surface area contributed by atoms with Crippen LogP contribution in [0.25, 0.3) is 0 Å². The fraction of sp³-hybridized carbons (Fsp3) is 0.235. The molecule has 24 heavy (non-hydrogen) atoms. The molecule has 1 fully saturated rings. The molecular weight excluding hydrogens is 390 g/mol. The van der Waals surface area contributed by atoms with Gasteiger partial charge in [-0.2, -0.15) is 5.10 Å². The van der Waals surface area contributed by atoms with Crippen LogP contribution >= 0.6 is 27.3 Å². The van der Waals surface area contributed by atoms with Crippen LogP contribution in [0.5, 0.6) is 0 Å². The summed E-state index contributed by atoms with van der Waals surface area (Å²) < 4.78 is 0.998. The summed E-state index contributed by atoms with van der Waals surface area (Å²) in [4.78, 5) is 25.5. The molecule has 1 aromatic carbocycles. The van der Waals surface area contributed by atoms with E-state index in [1.165, 1.54) is 11.3 Å². The van der Waals surface area contributed by atoms with Crippen molar-refractivity contribution in [3.05, 3.63) is 56.7 Å². The van der Waals surface area contributed by atoms with Gasteiger partial charge in [0.2, 0.25) is 5.91 Å². The lowest BCUT2D eigenvalue weighted by Crippen LogP contribution is -2.35. The Morgan fingerprint density at radius 2 is 2.04 bits per heavy atom. The van der Waals surface area contributed by atoms with Crippen LogP contribution in [-0.2, 0) is 9.59 Å². The second-order valence-corrected chi connectivity index (χ2v) is 7.98. The summed E-state index contributed by atoms with van der Waals surface area (Å²) in [5, 5.41) is 6.91. The van der Waals surface area contributed by atoms with E-state index in [0.717, 1.165) is 14.2 Å². The van der Waals surface area contributed by atoms with E-state index >= 15 is 0 Å². The number of halogens is 1. The maximum atomic E-state index is 12.5. The van der Waals surface area contributed by atoms with Crippen LogP contribution in [0, 0.1) is 5.92 Å². The molecule has 2 atom stereocenters. The Labute approximate surface area is 152 Å². The van der Waals surface area contributed by atoms with Crippen LogP contribution < -0.4 is 10.7 Å². The molecule has 2 amide bonds. The number of rotatable bonds is 4. The van der Waals surface area contributed by atoms with Crippen LogP contribution in [0.1, 0.15) is 23.3 Å². The zero-order chi connectivity index (χ0) is 17.1. The molecule has 0 aliphatic carbocycles. The zero-order valence-electron chi connectivity index (χ0n) is 13.0. The average molecular weight is 406 g/mol. The predicted molar refractivity (Wildman–Crippen MR) is 98.1 cm³/mol. The van der Waals surface area contributed by atoms with Crippen molar-refractivity contribution < 1.29 is 9.59 Å². The van der Waals surface area contributed by atoms with E-state index in [4.69, 9.17) is 0 Å². The van der Waals surface area contributed by atoms with Gasteiger partial charge in [-0.3, -0.25) is 9.59 Å². The molecule has 0 bridgehead atoms. The van der Waals surface area contributed by atoms with Gasteiger partial charge in [0, 0.05) is 12.5 Å². The second-order valence-electron chi connectivity index (χ2n) is 5.52. The minimum Gasteiger partial charge on any atom is -0.355 e. The first-order valence-corrected chi connectivity index (χ1v) is 9.09. The summed E-state index contributed by atoms with van der Waals surface area (Å²) >= 11 is 4.93. The van der Waals surface area contributed by atoms with Crippen LogP contribution in [0.4, 0.5) is 0 Å². The highest BCUT2D eigenvalue weighted by molar-refractivity contribution is 9.11. The Morgan fingerprint density at radius 3 is 2.71 bits per heavy atom. The Balaban J connectivity index is 1.74. The molecule has 0 radical (unpaired) electrons. The number of hydrazone groups is 1. The van der Waals surface area contributed by atoms with Gasteiger partial charge in [-0.05, 0) is 40.5 Å². The molecule has 1 saturated heterocycles. The second kappa shape index (κ2) is 7.27. The first-order chi connectivity index (χ1) is 11.6. The maximum Gasteiger partial charge on any atom is 0.253 e. The molecule has 7 heteroatoms. The van der Waals surface area contributed by atoms with Gasteiger partial charge in [-0.1, -0.05) is 30.3 Å². The van der Waals surface area contributed by atoms with Gasteiger partial charge in [0.15, 0.2) is 0 Å². The summed E-state index contributed by atoms with van der Waals surface area (Å²) in [6, 6.07) is 13.4. The van der Waals surface area contributed by atoms with Gasteiger partial charge in [0.05, 0.1) is 14.4 Å². The molecule has 0 saturated carbocycles. The number of amides is 2. The van der Waals surface area contributed by atoms with E-state index in [1.807, 2.05) is 49.4 Å². The third kappa shape index (κ3) is 3.57. The lowest BCUT2D eigenvalue weighted by molar-refractivity contribution is -0.133. The van der Waals surface area contributed by atoms with Gasteiger partial charge in [0.25, 0.3) is 5.91 Å². The standard InChI is InChI=1S/C17H16BrN3O2S/c1-10(13-7-8-14(18)24-13)20-21-17(23)15-12(9-19-16(15)22)11-5-3-2-4-6-11/h2-8,12,15H,9H2,1H3,(H,19,22)(H,21,23)/b20-10-. The number of thiophene rings is 1. The zero-order valence-corrected chi connectivity index (χ0v) is 15.4. The fourth-order valence-corrected chi connectivity index (χ4v) is 4.04. The van der Waals surface area contributed by atoms with Crippen molar-refractivity contribution in [1.29, 1.82) is 0 Å². The number of nitrogens with one attached hydrogen (secondary N) is 2. The van der Waals surface area contributed by atoms with Crippen LogP contribution in [0.15, 0.2) is 51.4 Å². The molecule has 2 unspecified atom stereocenters. The van der Waals surface area contributed by atoms with Gasteiger partial charge in [-0.25, -0.2) is 5.43 Å². The average Bonchev–Trinajstić information content (AvgIpc) is 3.19. The van der Waals surface area contributed by atoms with Crippen molar-refractivity contribution in [2.24, 2.45) is 11.0 Å². The fourth-order valence-electron chi connectivity index (χ4n) is 2.71. The maximum absolute atomic E-state index is 12.5. The smallest absolute Gasteiger partial charge is 0.253 e. The summed E-state index contributed by atoms with van der Waals surface area (Å²) in [6.45, 7) is 2.28. The van der Waals surface area contributed by atoms with Crippen LogP contribution in [0.2, 0.25) is 0 Å². The molecule has 1 aliphatic rings. The number of benzene rings is 1. The van der Waals surface area contributed by atoms with E-state index in [9.17, 15) is 9.59 Å². The summed E-state index contributed by atoms with van der Waals surface area (Å²) in [6.07, 6.45) is 0. The van der Waals surface area contributed by atoms with Gasteiger partial charge < -0.3 is 5.32 Å². The minimum atomic E-state index is -0.765. The van der Waals surface area contributed by atoms with Gasteiger partial charge in [0.1, 0.15) is 5.92 Å². The highest BCUT2D eigenvalue weighted by atomic mass is 79.9. The lowest BCUT2D eigenvalue weighted by atomic mass is 9.88. The predicted octanol–water partition coefficient (Wildman–Crippen LogP) is 2.88. The molecule has 1 aliphatic heterocycles. The van der Waals surface area contributed by atoms with Gasteiger partial charge >= 0.3 is 0 Å². The Hall–Kier alpha value is -1.99. The molecule has 124 valence electrons. The van der Waals surface area contributed by atoms with Crippen molar-refractivity contribution >= 4 is 44.8 Å². The first-order valence-electron chi connectivity index (χ1n) is 7.49. The van der Waals surface area contributed by atoms with Crippen LogP contribution in [0.3, 0.4) is 0 Å². The number of carbonyl (C=O) groups is 2. The van der Waals surface area contributed by atoms with Crippen molar-refractivity contribution in [2.45, 2.75) is 12.8 Å². The normalized spacial score (nSPS) is 20.8. The van der Waals surface area contributed by atoms with Crippen molar-refractivity contribution in [3.8, 4) is 0 Å². The summed E-state index contributed by atoms with van der Waals surface area (Å²) in [7, 11) is 0. The third-order valence-electron chi connectivity index (χ3n) is 3.95. The highest BCUT2D eigenvalue weighted by Crippen LogP contribution is 2.29. The van der Waals surface area contributed by atoms with Crippen molar-refractivity contribution in [1.82, 2.24) is 10.7 Å². The highest BCUT2D eigenvalue weighted by Gasteiger charge is 2.40. The number of carbonyl (C=O) groups excluding carboxylic acids is 2. The molecule has 2 aromatic rings. The van der Waals surface area contributed by atoms with Crippen LogP contribution in [-0.4, -0.2) is 24.1 Å². The summed E-state index contributed by atoms with van der Waals surface area (Å²) in [5.74, 6) is -1.58. The Kier molecular flexibility index (Phi) is 5.11. The molecular formula is C17H16BrN3O2S. The molecule has 3 rings (SSSR count). The van der Waals surface area contributed by atoms with E-state index in [2.05, 4.69) is 31.8 Å². The van der Waals surface area contributed by atoms with Crippen molar-refractivity contribution in [2.75, 3.05) is 6.54 Å². The van der Waals surface area contributed by atoms with E-state index < -0.39 is 5.92 Å². The lowest BCUT2D eigenvalue weighted by Gasteiger charge is -2.15. The Bertz CT molecular complexity index is 788. The van der Waals surface area contributed by atoms with E-state index in [1.54, 1.807) is 0 Å². The minimum absolute atomic E-state index is 0.176. The van der Waals surface area contributed by atoms with Gasteiger partial charge in [-0.15, -0.1) is 11.3 Å². The van der Waals surface area contributed by atoms with Crippen molar-refractivity contribution in [3.63, 3.8) is 0 Å². The SMILES string of the molecule is C/C(=N/NC(=O)C1C(=O)NCC1c1ccccc1)c1ccc(Br)s1. The number of hydrogen-bond acceptors (Lipinski definition) is 4. The largest absolute Gasteiger partial charge is 0.355 e. The molecule has 2 heterocycles. The number of hydrogen-bond donors (Lipinski definition) is 2. The topological polar surface area (TPSA) is 70.6 Å². The van der Waals surface area contributed by atoms with E-state index in [-0.39, 0.29) is 17.7 Å². The first kappa shape index (κ1) is 16.9. The molecule has 2 N–H and O–H groups in total. The quantitative estimate of drug-likeness (QED) is 0.466.